The highest BCUT2D eigenvalue weighted by atomic mass is 31.2. The van der Waals surface area contributed by atoms with Gasteiger partial charge in [0, 0.05) is 12.6 Å². The zero-order chi connectivity index (χ0) is 8.06. The average molecular weight is 173 g/mol. The fourth-order valence-corrected chi connectivity index (χ4v) is 4.37. The summed E-state index contributed by atoms with van der Waals surface area (Å²) < 4.78 is 8.46. The Bertz CT molecular complexity index is 171. The van der Waals surface area contributed by atoms with Gasteiger partial charge in [-0.1, -0.05) is 0 Å². The van der Waals surface area contributed by atoms with Crippen LogP contribution in [0.1, 0.15) is 26.7 Å². The van der Waals surface area contributed by atoms with Crippen molar-refractivity contribution in [2.75, 3.05) is 13.2 Å². The van der Waals surface area contributed by atoms with Crippen molar-refractivity contribution in [2.45, 2.75) is 38.3 Å². The molecule has 0 amide bonds. The van der Waals surface area contributed by atoms with Crippen LogP contribution in [0.2, 0.25) is 0 Å². The van der Waals surface area contributed by atoms with Crippen LogP contribution in [-0.2, 0) is 4.52 Å². The monoisotopic (exact) mass is 173 g/mol. The van der Waals surface area contributed by atoms with E-state index < -0.39 is 0 Å². The van der Waals surface area contributed by atoms with E-state index in [0.29, 0.717) is 6.04 Å². The molecule has 2 rings (SSSR count). The van der Waals surface area contributed by atoms with Crippen molar-refractivity contribution in [3.8, 4) is 0 Å². The van der Waals surface area contributed by atoms with Crippen molar-refractivity contribution < 1.29 is 4.52 Å². The summed E-state index contributed by atoms with van der Waals surface area (Å²) in [5.74, 6) is 0. The quantitative estimate of drug-likeness (QED) is 0.521. The predicted octanol–water partition coefficient (Wildman–Crippen LogP) is 2.20. The second-order valence-electron chi connectivity index (χ2n) is 3.98. The molecular weight excluding hydrogens is 157 g/mol. The minimum atomic E-state index is -0.260. The molecule has 64 valence electrons. The number of hydrogen-bond acceptors (Lipinski definition) is 2. The molecule has 11 heavy (non-hydrogen) atoms. The molecule has 2 saturated heterocycles. The summed E-state index contributed by atoms with van der Waals surface area (Å²) in [6.45, 7) is 7.93. The van der Waals surface area contributed by atoms with E-state index in [2.05, 4.69) is 25.2 Å². The summed E-state index contributed by atoms with van der Waals surface area (Å²) in [6.07, 6.45) is 2.70. The highest BCUT2D eigenvalue weighted by molar-refractivity contribution is 7.49. The lowest BCUT2D eigenvalue weighted by Crippen LogP contribution is -2.35. The van der Waals surface area contributed by atoms with E-state index in [1.165, 1.54) is 19.4 Å². The van der Waals surface area contributed by atoms with E-state index in [4.69, 9.17) is 4.52 Å². The number of hydrogen-bond donors (Lipinski definition) is 0. The maximum atomic E-state index is 5.91. The van der Waals surface area contributed by atoms with Crippen LogP contribution in [0.25, 0.3) is 0 Å². The molecule has 2 aliphatic heterocycles. The molecule has 2 atom stereocenters. The molecular formula is C8H16NOP. The largest absolute Gasteiger partial charge is 0.336 e. The minimum absolute atomic E-state index is 0.122. The maximum absolute atomic E-state index is 5.91. The zero-order valence-corrected chi connectivity index (χ0v) is 8.40. The first kappa shape index (κ1) is 7.97. The molecule has 0 saturated carbocycles. The molecule has 0 aromatic heterocycles. The van der Waals surface area contributed by atoms with Gasteiger partial charge in [0.05, 0.1) is 5.60 Å². The minimum Gasteiger partial charge on any atom is -0.336 e. The van der Waals surface area contributed by atoms with Gasteiger partial charge >= 0.3 is 0 Å². The van der Waals surface area contributed by atoms with Gasteiger partial charge in [0.15, 0.2) is 0 Å². The van der Waals surface area contributed by atoms with Gasteiger partial charge in [-0.3, -0.25) is 4.67 Å². The van der Waals surface area contributed by atoms with Crippen molar-refractivity contribution in [1.29, 1.82) is 0 Å². The zero-order valence-electron chi connectivity index (χ0n) is 7.50. The number of rotatable bonds is 0. The number of nitrogens with zero attached hydrogens (tertiary/aromatic N) is 1. The summed E-state index contributed by atoms with van der Waals surface area (Å²) in [6, 6.07) is 0.707. The molecule has 0 spiro atoms. The molecule has 2 nitrogen and oxygen atoms in total. The third-order valence-electron chi connectivity index (χ3n) is 2.76. The molecule has 0 N–H and O–H groups in total. The highest BCUT2D eigenvalue weighted by Crippen LogP contribution is 2.56. The Balaban J connectivity index is 2.20. The van der Waals surface area contributed by atoms with Gasteiger partial charge in [0.25, 0.3) is 0 Å². The van der Waals surface area contributed by atoms with Gasteiger partial charge in [0.2, 0.25) is 0 Å². The van der Waals surface area contributed by atoms with Gasteiger partial charge in [-0.05, 0) is 33.4 Å². The van der Waals surface area contributed by atoms with Gasteiger partial charge in [0.1, 0.15) is 8.30 Å². The second-order valence-corrected chi connectivity index (χ2v) is 5.60. The van der Waals surface area contributed by atoms with E-state index in [1.54, 1.807) is 0 Å². The standard InChI is InChI=1S/C8H16NOP/c1-8(2)7-5-4-6-9(7)11(3)10-8/h7H,4-6H2,1-3H3/t7-,11+/m0/s1. The van der Waals surface area contributed by atoms with E-state index in [0.717, 1.165) is 0 Å². The van der Waals surface area contributed by atoms with Crippen LogP contribution >= 0.6 is 8.30 Å². The third-order valence-corrected chi connectivity index (χ3v) is 4.69. The summed E-state index contributed by atoms with van der Waals surface area (Å²) >= 11 is 0. The molecule has 2 heterocycles. The summed E-state index contributed by atoms with van der Waals surface area (Å²) in [5.41, 5.74) is 0.122. The van der Waals surface area contributed by atoms with Crippen LogP contribution in [-0.4, -0.2) is 29.5 Å². The van der Waals surface area contributed by atoms with Gasteiger partial charge < -0.3 is 4.52 Å². The molecule has 0 aromatic carbocycles. The first-order valence-corrected chi connectivity index (χ1v) is 5.96. The summed E-state index contributed by atoms with van der Waals surface area (Å²) in [7, 11) is -0.260. The fraction of sp³-hybridized carbons (Fsp3) is 1.00. The molecule has 0 aromatic rings. The van der Waals surface area contributed by atoms with E-state index in [1.807, 2.05) is 0 Å². The molecule has 0 unspecified atom stereocenters. The first-order valence-electron chi connectivity index (χ1n) is 4.31. The maximum Gasteiger partial charge on any atom is 0.102 e. The highest BCUT2D eigenvalue weighted by Gasteiger charge is 2.48. The lowest BCUT2D eigenvalue weighted by molar-refractivity contribution is 0.112. The second kappa shape index (κ2) is 2.42. The molecule has 0 aliphatic carbocycles. The van der Waals surface area contributed by atoms with Crippen LogP contribution in [0.15, 0.2) is 0 Å². The SMILES string of the molecule is C[P@@]1OC(C)(C)[C@@H]2CCCN21. The molecule has 3 heteroatoms. The first-order chi connectivity index (χ1) is 5.11. The van der Waals surface area contributed by atoms with Gasteiger partial charge in [-0.25, -0.2) is 0 Å². The van der Waals surface area contributed by atoms with Crippen LogP contribution in [0.4, 0.5) is 0 Å². The van der Waals surface area contributed by atoms with E-state index in [9.17, 15) is 0 Å². The van der Waals surface area contributed by atoms with Crippen LogP contribution in [0.5, 0.6) is 0 Å². The Morgan fingerprint density at radius 3 is 2.91 bits per heavy atom. The van der Waals surface area contributed by atoms with E-state index >= 15 is 0 Å². The molecule has 0 bridgehead atoms. The Morgan fingerprint density at radius 1 is 1.55 bits per heavy atom. The Morgan fingerprint density at radius 2 is 2.27 bits per heavy atom. The van der Waals surface area contributed by atoms with Gasteiger partial charge in [-0.2, -0.15) is 0 Å². The van der Waals surface area contributed by atoms with E-state index in [-0.39, 0.29) is 13.9 Å². The lowest BCUT2D eigenvalue weighted by Gasteiger charge is -2.23. The molecule has 0 radical (unpaired) electrons. The Labute approximate surface area is 69.8 Å². The normalized spacial score (nSPS) is 42.8. The van der Waals surface area contributed by atoms with Crippen molar-refractivity contribution in [1.82, 2.24) is 4.67 Å². The van der Waals surface area contributed by atoms with Crippen LogP contribution in [0, 0.1) is 0 Å². The molecule has 2 fully saturated rings. The van der Waals surface area contributed by atoms with Crippen molar-refractivity contribution in [2.24, 2.45) is 0 Å². The van der Waals surface area contributed by atoms with Crippen LogP contribution in [0.3, 0.4) is 0 Å². The number of fused-ring (bicyclic) bond motifs is 1. The van der Waals surface area contributed by atoms with Gasteiger partial charge in [-0.15, -0.1) is 0 Å². The Hall–Kier alpha value is 0.350. The van der Waals surface area contributed by atoms with Crippen molar-refractivity contribution in [3.63, 3.8) is 0 Å². The van der Waals surface area contributed by atoms with Crippen molar-refractivity contribution in [3.05, 3.63) is 0 Å². The fourth-order valence-electron chi connectivity index (χ4n) is 2.25. The molecule has 2 aliphatic rings. The third kappa shape index (κ3) is 1.12. The Kier molecular flexibility index (Phi) is 1.75. The summed E-state index contributed by atoms with van der Waals surface area (Å²) in [4.78, 5) is 0. The smallest absolute Gasteiger partial charge is 0.102 e. The van der Waals surface area contributed by atoms with Crippen LogP contribution < -0.4 is 0 Å². The summed E-state index contributed by atoms with van der Waals surface area (Å²) in [5, 5.41) is 0. The average Bonchev–Trinajstić information content (AvgIpc) is 2.37. The lowest BCUT2D eigenvalue weighted by atomic mass is 9.98. The predicted molar refractivity (Wildman–Crippen MR) is 47.7 cm³/mol. The topological polar surface area (TPSA) is 12.5 Å². The van der Waals surface area contributed by atoms with Crippen molar-refractivity contribution >= 4 is 8.30 Å².